The number of halogens is 3. The van der Waals surface area contributed by atoms with E-state index in [1.807, 2.05) is 11.9 Å². The Balaban J connectivity index is 0.00000484. The van der Waals surface area contributed by atoms with E-state index in [4.69, 9.17) is 9.84 Å². The second-order valence-corrected chi connectivity index (χ2v) is 4.95. The Hall–Kier alpha value is -1.60. The van der Waals surface area contributed by atoms with Crippen LogP contribution in [-0.2, 0) is 11.3 Å². The van der Waals surface area contributed by atoms with Gasteiger partial charge in [-0.3, -0.25) is 4.79 Å². The topological polar surface area (TPSA) is 59.0 Å². The van der Waals surface area contributed by atoms with Crippen molar-refractivity contribution in [3.8, 4) is 11.5 Å². The van der Waals surface area contributed by atoms with Crippen molar-refractivity contribution in [3.63, 3.8) is 0 Å². The summed E-state index contributed by atoms with van der Waals surface area (Å²) in [6, 6.07) is 4.90. The molecule has 0 fully saturated rings. The van der Waals surface area contributed by atoms with Gasteiger partial charge in [0, 0.05) is 13.0 Å². The molecule has 0 radical (unpaired) electrons. The summed E-state index contributed by atoms with van der Waals surface area (Å²) in [6.07, 6.45) is 1.53. The van der Waals surface area contributed by atoms with E-state index in [9.17, 15) is 13.6 Å². The molecule has 0 heterocycles. The monoisotopic (exact) mass is 353 g/mol. The fourth-order valence-electron chi connectivity index (χ4n) is 2.06. The summed E-state index contributed by atoms with van der Waals surface area (Å²) in [5.74, 6) is -0.533. The highest BCUT2D eigenvalue weighted by Crippen LogP contribution is 2.29. The van der Waals surface area contributed by atoms with Gasteiger partial charge in [0.1, 0.15) is 0 Å². The van der Waals surface area contributed by atoms with Crippen molar-refractivity contribution >= 4 is 18.4 Å². The molecule has 23 heavy (non-hydrogen) atoms. The van der Waals surface area contributed by atoms with Crippen molar-refractivity contribution in [2.45, 2.75) is 32.4 Å². The van der Waals surface area contributed by atoms with Gasteiger partial charge in [0.05, 0.1) is 7.11 Å². The van der Waals surface area contributed by atoms with E-state index < -0.39 is 12.6 Å². The number of methoxy groups -OCH3 is 1. The number of carboxylic acids is 1. The first-order valence-electron chi connectivity index (χ1n) is 6.94. The summed E-state index contributed by atoms with van der Waals surface area (Å²) in [5, 5.41) is 8.57. The van der Waals surface area contributed by atoms with Crippen LogP contribution in [-0.4, -0.2) is 43.3 Å². The zero-order valence-corrected chi connectivity index (χ0v) is 13.9. The molecule has 0 bridgehead atoms. The van der Waals surface area contributed by atoms with Crippen LogP contribution in [0.25, 0.3) is 0 Å². The number of carbonyl (C=O) groups is 1. The van der Waals surface area contributed by atoms with Crippen molar-refractivity contribution < 1.29 is 28.2 Å². The molecule has 1 aromatic rings. The van der Waals surface area contributed by atoms with Crippen LogP contribution < -0.4 is 9.47 Å². The van der Waals surface area contributed by atoms with Crippen LogP contribution in [0.5, 0.6) is 11.5 Å². The lowest BCUT2D eigenvalue weighted by Crippen LogP contribution is -2.19. The maximum Gasteiger partial charge on any atom is 0.387 e. The molecule has 0 amide bonds. The molecule has 0 saturated carbocycles. The quantitative estimate of drug-likeness (QED) is 0.653. The van der Waals surface area contributed by atoms with Gasteiger partial charge < -0.3 is 19.5 Å². The average Bonchev–Trinajstić information content (AvgIpc) is 2.43. The normalized spacial score (nSPS) is 10.5. The Morgan fingerprint density at radius 2 is 2.00 bits per heavy atom. The van der Waals surface area contributed by atoms with Gasteiger partial charge in [0.25, 0.3) is 0 Å². The number of hydrogen-bond acceptors (Lipinski definition) is 4. The molecule has 1 N–H and O–H groups in total. The van der Waals surface area contributed by atoms with Crippen molar-refractivity contribution in [2.24, 2.45) is 0 Å². The summed E-state index contributed by atoms with van der Waals surface area (Å²) in [6.45, 7) is -1.63. The fraction of sp³-hybridized carbons (Fsp3) is 0.533. The third-order valence-corrected chi connectivity index (χ3v) is 3.08. The fourth-order valence-corrected chi connectivity index (χ4v) is 2.06. The molecule has 0 aliphatic rings. The molecular formula is C15H22ClF2NO4. The number of alkyl halides is 2. The third-order valence-electron chi connectivity index (χ3n) is 3.08. The molecule has 1 rings (SSSR count). The molecule has 5 nitrogen and oxygen atoms in total. The second-order valence-electron chi connectivity index (χ2n) is 4.95. The molecule has 0 aliphatic carbocycles. The van der Waals surface area contributed by atoms with Gasteiger partial charge in [0.2, 0.25) is 0 Å². The minimum absolute atomic E-state index is 0. The lowest BCUT2D eigenvalue weighted by Gasteiger charge is -2.18. The van der Waals surface area contributed by atoms with Gasteiger partial charge in [-0.25, -0.2) is 0 Å². The molecule has 8 heteroatoms. The van der Waals surface area contributed by atoms with Crippen molar-refractivity contribution in [1.29, 1.82) is 0 Å². The molecule has 1 aromatic carbocycles. The second kappa shape index (κ2) is 11.0. The number of hydrogen-bond donors (Lipinski definition) is 1. The Bertz CT molecular complexity index is 489. The number of ether oxygens (including phenoxy) is 2. The summed E-state index contributed by atoms with van der Waals surface area (Å²) < 4.78 is 34.2. The number of carboxylic acid groups (broad SMARTS) is 1. The highest BCUT2D eigenvalue weighted by molar-refractivity contribution is 5.85. The van der Waals surface area contributed by atoms with E-state index in [1.165, 1.54) is 13.2 Å². The summed E-state index contributed by atoms with van der Waals surface area (Å²) in [5.41, 5.74) is 0.817. The molecule has 0 unspecified atom stereocenters. The molecule has 0 saturated heterocycles. The Morgan fingerprint density at radius 1 is 1.30 bits per heavy atom. The summed E-state index contributed by atoms with van der Waals surface area (Å²) in [4.78, 5) is 12.4. The molecule has 0 spiro atoms. The lowest BCUT2D eigenvalue weighted by atomic mass is 10.1. The van der Waals surface area contributed by atoms with Crippen LogP contribution in [0.4, 0.5) is 8.78 Å². The number of nitrogens with zero attached hydrogens (tertiary/aromatic N) is 1. The van der Waals surface area contributed by atoms with E-state index >= 15 is 0 Å². The van der Waals surface area contributed by atoms with Crippen LogP contribution in [0, 0.1) is 0 Å². The van der Waals surface area contributed by atoms with E-state index in [0.29, 0.717) is 13.0 Å². The number of benzene rings is 1. The van der Waals surface area contributed by atoms with E-state index in [1.54, 1.807) is 12.1 Å². The van der Waals surface area contributed by atoms with Crippen LogP contribution in [0.2, 0.25) is 0 Å². The number of rotatable bonds is 10. The summed E-state index contributed by atoms with van der Waals surface area (Å²) >= 11 is 0. The van der Waals surface area contributed by atoms with Gasteiger partial charge in [-0.15, -0.1) is 12.4 Å². The van der Waals surface area contributed by atoms with E-state index in [0.717, 1.165) is 18.5 Å². The molecule has 0 aliphatic heterocycles. The lowest BCUT2D eigenvalue weighted by molar-refractivity contribution is -0.137. The molecule has 132 valence electrons. The molecular weight excluding hydrogens is 332 g/mol. The smallest absolute Gasteiger partial charge is 0.387 e. The third kappa shape index (κ3) is 8.56. The van der Waals surface area contributed by atoms with Gasteiger partial charge in [-0.2, -0.15) is 8.78 Å². The first-order valence-corrected chi connectivity index (χ1v) is 6.94. The first-order chi connectivity index (χ1) is 10.4. The van der Waals surface area contributed by atoms with Crippen LogP contribution in [0.1, 0.15) is 24.8 Å². The van der Waals surface area contributed by atoms with Crippen LogP contribution in [0.15, 0.2) is 18.2 Å². The largest absolute Gasteiger partial charge is 0.493 e. The average molecular weight is 354 g/mol. The van der Waals surface area contributed by atoms with Crippen molar-refractivity contribution in [1.82, 2.24) is 4.90 Å². The molecule has 0 atom stereocenters. The molecule has 0 aromatic heterocycles. The highest BCUT2D eigenvalue weighted by atomic mass is 35.5. The minimum atomic E-state index is -2.90. The van der Waals surface area contributed by atoms with Gasteiger partial charge in [-0.1, -0.05) is 6.07 Å². The standard InChI is InChI=1S/C15H21F2NO4.ClH/c1-18(8-4-3-5-14(19)20)10-11-6-7-12(21-2)13(9-11)22-15(16)17;/h6-7,9,15H,3-5,8,10H2,1-2H3,(H,19,20);1H. The number of aliphatic carboxylic acids is 1. The van der Waals surface area contributed by atoms with Crippen molar-refractivity contribution in [2.75, 3.05) is 20.7 Å². The Labute approximate surface area is 140 Å². The van der Waals surface area contributed by atoms with Gasteiger partial charge >= 0.3 is 12.6 Å². The zero-order chi connectivity index (χ0) is 16.5. The zero-order valence-electron chi connectivity index (χ0n) is 13.1. The highest BCUT2D eigenvalue weighted by Gasteiger charge is 2.12. The Morgan fingerprint density at radius 3 is 2.57 bits per heavy atom. The predicted molar refractivity (Wildman–Crippen MR) is 84.7 cm³/mol. The SMILES string of the molecule is COc1ccc(CN(C)CCCCC(=O)O)cc1OC(F)F.Cl. The Kier molecular flexibility index (Phi) is 10.2. The van der Waals surface area contributed by atoms with Crippen LogP contribution in [0.3, 0.4) is 0 Å². The van der Waals surface area contributed by atoms with Crippen LogP contribution >= 0.6 is 12.4 Å². The van der Waals surface area contributed by atoms with E-state index in [-0.39, 0.29) is 30.3 Å². The first kappa shape index (κ1) is 21.4. The van der Waals surface area contributed by atoms with Crippen molar-refractivity contribution in [3.05, 3.63) is 23.8 Å². The maximum atomic E-state index is 12.4. The predicted octanol–water partition coefficient (Wildman–Crippen LogP) is 3.41. The minimum Gasteiger partial charge on any atom is -0.493 e. The number of unbranched alkanes of at least 4 members (excludes halogenated alkanes) is 1. The van der Waals surface area contributed by atoms with Gasteiger partial charge in [0.15, 0.2) is 11.5 Å². The summed E-state index contributed by atoms with van der Waals surface area (Å²) in [7, 11) is 3.28. The van der Waals surface area contributed by atoms with E-state index in [2.05, 4.69) is 4.74 Å². The maximum absolute atomic E-state index is 12.4. The van der Waals surface area contributed by atoms with Gasteiger partial charge in [-0.05, 0) is 44.1 Å².